The highest BCUT2D eigenvalue weighted by molar-refractivity contribution is 7.91. The summed E-state index contributed by atoms with van der Waals surface area (Å²) >= 11 is 0. The van der Waals surface area contributed by atoms with Crippen LogP contribution in [0.5, 0.6) is 0 Å². The van der Waals surface area contributed by atoms with E-state index in [0.717, 1.165) is 41.5 Å². The molecule has 7 heteroatoms. The third-order valence-corrected chi connectivity index (χ3v) is 6.73. The molecule has 1 saturated carbocycles. The Labute approximate surface area is 159 Å². The Hall–Kier alpha value is -2.54. The van der Waals surface area contributed by atoms with E-state index in [-0.39, 0.29) is 11.3 Å². The van der Waals surface area contributed by atoms with Crippen LogP contribution in [0.15, 0.2) is 48.8 Å². The van der Waals surface area contributed by atoms with Crippen LogP contribution in [0.1, 0.15) is 25.7 Å². The molecule has 0 radical (unpaired) electrons. The lowest BCUT2D eigenvalue weighted by Gasteiger charge is -2.29. The van der Waals surface area contributed by atoms with Crippen LogP contribution < -0.4 is 5.32 Å². The first-order valence-electron chi connectivity index (χ1n) is 9.13. The van der Waals surface area contributed by atoms with Crippen LogP contribution >= 0.6 is 0 Å². The lowest BCUT2D eigenvalue weighted by Crippen LogP contribution is -2.34. The molecule has 27 heavy (non-hydrogen) atoms. The second kappa shape index (κ2) is 7.23. The number of aromatic nitrogens is 3. The summed E-state index contributed by atoms with van der Waals surface area (Å²) in [5.74, 6) is 1.36. The third kappa shape index (κ3) is 3.93. The number of anilines is 1. The van der Waals surface area contributed by atoms with Crippen molar-refractivity contribution in [1.82, 2.24) is 15.0 Å². The van der Waals surface area contributed by atoms with E-state index < -0.39 is 9.84 Å². The summed E-state index contributed by atoms with van der Waals surface area (Å²) in [4.78, 5) is 13.6. The zero-order valence-corrected chi connectivity index (χ0v) is 16.0. The van der Waals surface area contributed by atoms with Gasteiger partial charge < -0.3 is 5.32 Å². The number of pyridine rings is 1. The molecule has 4 rings (SSSR count). The van der Waals surface area contributed by atoms with Gasteiger partial charge in [-0.05, 0) is 43.5 Å². The lowest BCUT2D eigenvalue weighted by atomic mass is 9.95. The Balaban J connectivity index is 1.70. The van der Waals surface area contributed by atoms with Gasteiger partial charge in [-0.1, -0.05) is 18.6 Å². The largest absolute Gasteiger partial charge is 0.367 e. The van der Waals surface area contributed by atoms with Gasteiger partial charge in [0, 0.05) is 35.6 Å². The van der Waals surface area contributed by atoms with E-state index in [1.807, 2.05) is 36.4 Å². The van der Waals surface area contributed by atoms with Gasteiger partial charge in [-0.2, -0.15) is 0 Å². The van der Waals surface area contributed by atoms with Crippen LogP contribution in [-0.4, -0.2) is 40.9 Å². The van der Waals surface area contributed by atoms with Crippen molar-refractivity contribution in [3.63, 3.8) is 0 Å². The molecule has 1 aliphatic carbocycles. The average Bonchev–Trinajstić information content (AvgIpc) is 2.68. The van der Waals surface area contributed by atoms with Gasteiger partial charge in [-0.3, -0.25) is 4.98 Å². The highest BCUT2D eigenvalue weighted by Gasteiger charge is 2.29. The van der Waals surface area contributed by atoms with E-state index in [9.17, 15) is 8.42 Å². The van der Waals surface area contributed by atoms with Crippen molar-refractivity contribution in [2.75, 3.05) is 11.6 Å². The van der Waals surface area contributed by atoms with Crippen LogP contribution in [0.2, 0.25) is 0 Å². The monoisotopic (exact) mass is 382 g/mol. The number of nitrogens with zero attached hydrogens (tertiary/aromatic N) is 3. The summed E-state index contributed by atoms with van der Waals surface area (Å²) in [5, 5.41) is 4.15. The standard InChI is InChI=1S/C20H22N4O2S/c1-27(25,26)16-8-4-7-15(12-16)22-20-17-9-2-3-10-18(17)23-19(24-20)14-6-5-11-21-13-14/h2-3,5-6,9-11,13,15-16H,4,7-8,12H2,1H3,(H,22,23,24). The molecule has 2 heterocycles. The number of para-hydroxylation sites is 1. The van der Waals surface area contributed by atoms with Gasteiger partial charge in [-0.15, -0.1) is 0 Å². The summed E-state index contributed by atoms with van der Waals surface area (Å²) in [6.07, 6.45) is 7.98. The van der Waals surface area contributed by atoms with Crippen molar-refractivity contribution < 1.29 is 8.42 Å². The average molecular weight is 382 g/mol. The molecular formula is C20H22N4O2S. The van der Waals surface area contributed by atoms with Crippen molar-refractivity contribution in [2.24, 2.45) is 0 Å². The zero-order valence-electron chi connectivity index (χ0n) is 15.2. The predicted octanol–water partition coefficient (Wildman–Crippen LogP) is 3.46. The van der Waals surface area contributed by atoms with Gasteiger partial charge >= 0.3 is 0 Å². The fourth-order valence-corrected chi connectivity index (χ4v) is 4.85. The van der Waals surface area contributed by atoms with Crippen molar-refractivity contribution >= 4 is 26.6 Å². The topological polar surface area (TPSA) is 84.8 Å². The Morgan fingerprint density at radius 3 is 2.70 bits per heavy atom. The van der Waals surface area contributed by atoms with E-state index in [4.69, 9.17) is 4.98 Å². The number of hydrogen-bond acceptors (Lipinski definition) is 6. The van der Waals surface area contributed by atoms with E-state index in [1.54, 1.807) is 12.4 Å². The molecule has 3 aromatic rings. The summed E-state index contributed by atoms with van der Waals surface area (Å²) in [6.45, 7) is 0. The molecule has 2 atom stereocenters. The minimum Gasteiger partial charge on any atom is -0.367 e. The van der Waals surface area contributed by atoms with Gasteiger partial charge in [-0.25, -0.2) is 18.4 Å². The van der Waals surface area contributed by atoms with Gasteiger partial charge in [0.15, 0.2) is 5.82 Å². The SMILES string of the molecule is CS(=O)(=O)C1CCCC(Nc2nc(-c3cccnc3)nc3ccccc23)C1. The van der Waals surface area contributed by atoms with Gasteiger partial charge in [0.1, 0.15) is 15.7 Å². The quantitative estimate of drug-likeness (QED) is 0.744. The molecular weight excluding hydrogens is 360 g/mol. The Kier molecular flexibility index (Phi) is 4.78. The smallest absolute Gasteiger partial charge is 0.163 e. The molecule has 6 nitrogen and oxygen atoms in total. The molecule has 0 amide bonds. The Bertz CT molecular complexity index is 1050. The molecule has 2 aromatic heterocycles. The molecule has 0 aliphatic heterocycles. The molecule has 1 aromatic carbocycles. The summed E-state index contributed by atoms with van der Waals surface area (Å²) < 4.78 is 24.0. The summed E-state index contributed by atoms with van der Waals surface area (Å²) in [5.41, 5.74) is 1.70. The first-order valence-corrected chi connectivity index (χ1v) is 11.1. The van der Waals surface area contributed by atoms with Crippen LogP contribution in [-0.2, 0) is 9.84 Å². The molecule has 1 aliphatic rings. The zero-order chi connectivity index (χ0) is 18.9. The molecule has 1 fully saturated rings. The second-order valence-electron chi connectivity index (χ2n) is 7.11. The highest BCUT2D eigenvalue weighted by Crippen LogP contribution is 2.29. The highest BCUT2D eigenvalue weighted by atomic mass is 32.2. The molecule has 1 N–H and O–H groups in total. The van der Waals surface area contributed by atoms with Gasteiger partial charge in [0.25, 0.3) is 0 Å². The van der Waals surface area contributed by atoms with Crippen LogP contribution in [0.25, 0.3) is 22.3 Å². The van der Waals surface area contributed by atoms with Crippen LogP contribution in [0.4, 0.5) is 5.82 Å². The van der Waals surface area contributed by atoms with Crippen molar-refractivity contribution in [2.45, 2.75) is 37.0 Å². The van der Waals surface area contributed by atoms with Crippen molar-refractivity contribution in [3.05, 3.63) is 48.8 Å². The fraction of sp³-hybridized carbons (Fsp3) is 0.350. The number of benzene rings is 1. The maximum absolute atomic E-state index is 12.0. The normalized spacial score (nSPS) is 20.5. The molecule has 0 bridgehead atoms. The molecule has 0 saturated heterocycles. The predicted molar refractivity (Wildman–Crippen MR) is 107 cm³/mol. The van der Waals surface area contributed by atoms with Crippen molar-refractivity contribution in [1.29, 1.82) is 0 Å². The number of hydrogen-bond donors (Lipinski definition) is 1. The van der Waals surface area contributed by atoms with Gasteiger partial charge in [0.2, 0.25) is 0 Å². The molecule has 0 spiro atoms. The van der Waals surface area contributed by atoms with E-state index in [1.165, 1.54) is 6.26 Å². The van der Waals surface area contributed by atoms with Crippen LogP contribution in [0, 0.1) is 0 Å². The summed E-state index contributed by atoms with van der Waals surface area (Å²) in [7, 11) is -3.03. The minimum atomic E-state index is -3.03. The third-order valence-electron chi connectivity index (χ3n) is 5.10. The lowest BCUT2D eigenvalue weighted by molar-refractivity contribution is 0.452. The van der Waals surface area contributed by atoms with E-state index in [2.05, 4.69) is 15.3 Å². The Morgan fingerprint density at radius 1 is 1.07 bits per heavy atom. The second-order valence-corrected chi connectivity index (χ2v) is 9.44. The first kappa shape index (κ1) is 17.9. The molecule has 2 unspecified atom stereocenters. The number of rotatable bonds is 4. The van der Waals surface area contributed by atoms with Crippen molar-refractivity contribution in [3.8, 4) is 11.4 Å². The number of sulfone groups is 1. The Morgan fingerprint density at radius 2 is 1.93 bits per heavy atom. The van der Waals surface area contributed by atoms with Gasteiger partial charge in [0.05, 0.1) is 10.8 Å². The summed E-state index contributed by atoms with van der Waals surface area (Å²) in [6, 6.07) is 11.7. The van der Waals surface area contributed by atoms with Crippen LogP contribution in [0.3, 0.4) is 0 Å². The maximum Gasteiger partial charge on any atom is 0.163 e. The maximum atomic E-state index is 12.0. The minimum absolute atomic E-state index is 0.0820. The first-order chi connectivity index (χ1) is 13.0. The number of nitrogens with one attached hydrogen (secondary N) is 1. The van der Waals surface area contributed by atoms with E-state index in [0.29, 0.717) is 12.2 Å². The fourth-order valence-electron chi connectivity index (χ4n) is 3.67. The van der Waals surface area contributed by atoms with E-state index >= 15 is 0 Å². The molecule has 140 valence electrons. The number of fused-ring (bicyclic) bond motifs is 1.